The van der Waals surface area contributed by atoms with Crippen molar-refractivity contribution in [2.45, 2.75) is 51.9 Å². The Bertz CT molecular complexity index is 519. The minimum absolute atomic E-state index is 0.842. The van der Waals surface area contributed by atoms with Crippen LogP contribution in [0.3, 0.4) is 0 Å². The van der Waals surface area contributed by atoms with Crippen molar-refractivity contribution >= 4 is 11.0 Å². The summed E-state index contributed by atoms with van der Waals surface area (Å²) < 4.78 is 0. The van der Waals surface area contributed by atoms with Gasteiger partial charge in [0, 0.05) is 6.42 Å². The van der Waals surface area contributed by atoms with Gasteiger partial charge in [-0.15, -0.1) is 0 Å². The molecule has 1 aromatic carbocycles. The molecule has 1 aromatic heterocycles. The Kier molecular flexibility index (Phi) is 3.35. The van der Waals surface area contributed by atoms with Crippen LogP contribution in [0.4, 0.5) is 0 Å². The third-order valence-corrected chi connectivity index (χ3v) is 4.14. The second-order valence-corrected chi connectivity index (χ2v) is 5.77. The summed E-state index contributed by atoms with van der Waals surface area (Å²) in [7, 11) is 0. The summed E-state index contributed by atoms with van der Waals surface area (Å²) in [6.45, 7) is 2.13. The minimum atomic E-state index is 0.842. The summed E-state index contributed by atoms with van der Waals surface area (Å²) in [5, 5.41) is 0. The lowest BCUT2D eigenvalue weighted by Gasteiger charge is -2.11. The van der Waals surface area contributed by atoms with Crippen LogP contribution in [0.15, 0.2) is 18.2 Å². The van der Waals surface area contributed by atoms with E-state index >= 15 is 0 Å². The number of hydrogen-bond donors (Lipinski definition) is 1. The van der Waals surface area contributed by atoms with Gasteiger partial charge in [0.05, 0.1) is 11.0 Å². The number of fused-ring (bicyclic) bond motifs is 1. The van der Waals surface area contributed by atoms with Crippen LogP contribution in [0.25, 0.3) is 11.0 Å². The summed E-state index contributed by atoms with van der Waals surface area (Å²) in [6.07, 6.45) is 9.57. The Balaban J connectivity index is 1.77. The van der Waals surface area contributed by atoms with E-state index in [1.165, 1.54) is 55.4 Å². The molecule has 2 nitrogen and oxygen atoms in total. The van der Waals surface area contributed by atoms with Crippen molar-refractivity contribution in [1.29, 1.82) is 0 Å². The fraction of sp³-hybridized carbons (Fsp3) is 0.562. The van der Waals surface area contributed by atoms with Gasteiger partial charge in [0.1, 0.15) is 5.82 Å². The third kappa shape index (κ3) is 2.58. The number of aryl methyl sites for hydroxylation is 1. The molecule has 3 rings (SSSR count). The van der Waals surface area contributed by atoms with Crippen LogP contribution in [-0.2, 0) is 6.42 Å². The van der Waals surface area contributed by atoms with E-state index in [1.807, 2.05) is 0 Å². The molecule has 1 saturated carbocycles. The molecule has 0 radical (unpaired) electrons. The summed E-state index contributed by atoms with van der Waals surface area (Å²) in [6, 6.07) is 6.45. The van der Waals surface area contributed by atoms with E-state index in [0.29, 0.717) is 0 Å². The van der Waals surface area contributed by atoms with Gasteiger partial charge < -0.3 is 4.98 Å². The lowest BCUT2D eigenvalue weighted by molar-refractivity contribution is 0.450. The van der Waals surface area contributed by atoms with Crippen LogP contribution in [0.2, 0.25) is 0 Å². The van der Waals surface area contributed by atoms with Crippen molar-refractivity contribution < 1.29 is 0 Å². The fourth-order valence-corrected chi connectivity index (χ4v) is 3.11. The predicted molar refractivity (Wildman–Crippen MR) is 75.7 cm³/mol. The van der Waals surface area contributed by atoms with Gasteiger partial charge in [0.2, 0.25) is 0 Å². The molecular formula is C16H22N2. The first-order chi connectivity index (χ1) is 8.81. The van der Waals surface area contributed by atoms with Crippen LogP contribution < -0.4 is 0 Å². The number of imidazole rings is 1. The Morgan fingerprint density at radius 2 is 1.94 bits per heavy atom. The quantitative estimate of drug-likeness (QED) is 0.778. The maximum absolute atomic E-state index is 4.72. The molecule has 0 spiro atoms. The third-order valence-electron chi connectivity index (χ3n) is 4.14. The van der Waals surface area contributed by atoms with E-state index in [-0.39, 0.29) is 0 Å². The van der Waals surface area contributed by atoms with E-state index in [4.69, 9.17) is 4.98 Å². The molecule has 96 valence electrons. The first-order valence-electron chi connectivity index (χ1n) is 7.26. The Morgan fingerprint density at radius 3 is 2.72 bits per heavy atom. The normalized spacial score (nSPS) is 18.1. The highest BCUT2D eigenvalue weighted by Crippen LogP contribution is 2.26. The summed E-state index contributed by atoms with van der Waals surface area (Å²) in [5.41, 5.74) is 3.61. The Labute approximate surface area is 109 Å². The molecule has 1 fully saturated rings. The smallest absolute Gasteiger partial charge is 0.107 e. The second kappa shape index (κ2) is 5.13. The van der Waals surface area contributed by atoms with E-state index in [2.05, 4.69) is 30.1 Å². The molecule has 1 N–H and O–H groups in total. The number of aromatic amines is 1. The van der Waals surface area contributed by atoms with Crippen molar-refractivity contribution in [1.82, 2.24) is 9.97 Å². The van der Waals surface area contributed by atoms with Gasteiger partial charge in [-0.25, -0.2) is 4.98 Å². The summed E-state index contributed by atoms with van der Waals surface area (Å²) in [5.74, 6) is 2.02. The maximum atomic E-state index is 4.72. The van der Waals surface area contributed by atoms with Crippen LogP contribution >= 0.6 is 0 Å². The molecule has 0 atom stereocenters. The van der Waals surface area contributed by atoms with Crippen molar-refractivity contribution in [3.05, 3.63) is 29.6 Å². The van der Waals surface area contributed by atoms with Crippen LogP contribution in [0.5, 0.6) is 0 Å². The van der Waals surface area contributed by atoms with Gasteiger partial charge in [-0.2, -0.15) is 0 Å². The number of H-pyrrole nitrogens is 1. The standard InChI is InChI=1S/C16H22N2/c1-12-8-9-14-15(10-12)18-16(17-14)11-13-6-4-2-3-5-7-13/h8-10,13H,2-7,11H2,1H3,(H,17,18). The van der Waals surface area contributed by atoms with Crippen LogP contribution in [-0.4, -0.2) is 9.97 Å². The zero-order chi connectivity index (χ0) is 12.4. The largest absolute Gasteiger partial charge is 0.342 e. The zero-order valence-corrected chi connectivity index (χ0v) is 11.2. The Morgan fingerprint density at radius 1 is 1.17 bits per heavy atom. The van der Waals surface area contributed by atoms with Gasteiger partial charge in [0.25, 0.3) is 0 Å². The zero-order valence-electron chi connectivity index (χ0n) is 11.2. The first kappa shape index (κ1) is 11.8. The van der Waals surface area contributed by atoms with E-state index < -0.39 is 0 Å². The summed E-state index contributed by atoms with van der Waals surface area (Å²) in [4.78, 5) is 8.22. The highest BCUT2D eigenvalue weighted by molar-refractivity contribution is 5.75. The number of nitrogens with zero attached hydrogens (tertiary/aromatic N) is 1. The van der Waals surface area contributed by atoms with Gasteiger partial charge >= 0.3 is 0 Å². The molecule has 0 bridgehead atoms. The Hall–Kier alpha value is -1.31. The average molecular weight is 242 g/mol. The lowest BCUT2D eigenvalue weighted by atomic mass is 9.96. The molecular weight excluding hydrogens is 220 g/mol. The van der Waals surface area contributed by atoms with Crippen molar-refractivity contribution in [2.24, 2.45) is 5.92 Å². The van der Waals surface area contributed by atoms with Gasteiger partial charge in [0.15, 0.2) is 0 Å². The number of rotatable bonds is 2. The van der Waals surface area contributed by atoms with Gasteiger partial charge in [-0.3, -0.25) is 0 Å². The van der Waals surface area contributed by atoms with Crippen LogP contribution in [0.1, 0.15) is 49.9 Å². The van der Waals surface area contributed by atoms with Crippen molar-refractivity contribution in [3.63, 3.8) is 0 Å². The van der Waals surface area contributed by atoms with E-state index in [9.17, 15) is 0 Å². The monoisotopic (exact) mass is 242 g/mol. The maximum Gasteiger partial charge on any atom is 0.107 e. The van der Waals surface area contributed by atoms with Gasteiger partial charge in [-0.05, 0) is 30.5 Å². The highest BCUT2D eigenvalue weighted by atomic mass is 14.9. The highest BCUT2D eigenvalue weighted by Gasteiger charge is 2.14. The molecule has 2 heteroatoms. The predicted octanol–water partition coefficient (Wildman–Crippen LogP) is 4.38. The number of aromatic nitrogens is 2. The fourth-order valence-electron chi connectivity index (χ4n) is 3.11. The van der Waals surface area contributed by atoms with Crippen LogP contribution in [0, 0.1) is 12.8 Å². The molecule has 0 unspecified atom stereocenters. The molecule has 0 saturated heterocycles. The number of benzene rings is 1. The molecule has 1 heterocycles. The van der Waals surface area contributed by atoms with E-state index in [0.717, 1.165) is 17.9 Å². The second-order valence-electron chi connectivity index (χ2n) is 5.77. The number of hydrogen-bond acceptors (Lipinski definition) is 1. The first-order valence-corrected chi connectivity index (χ1v) is 7.26. The van der Waals surface area contributed by atoms with E-state index in [1.54, 1.807) is 0 Å². The SMILES string of the molecule is Cc1ccc2nc(CC3CCCCCC3)[nH]c2c1. The van der Waals surface area contributed by atoms with Crippen molar-refractivity contribution in [2.75, 3.05) is 0 Å². The molecule has 18 heavy (non-hydrogen) atoms. The minimum Gasteiger partial charge on any atom is -0.342 e. The van der Waals surface area contributed by atoms with Gasteiger partial charge in [-0.1, -0.05) is 44.6 Å². The number of nitrogens with one attached hydrogen (secondary N) is 1. The van der Waals surface area contributed by atoms with Crippen molar-refractivity contribution in [3.8, 4) is 0 Å². The molecule has 0 aliphatic heterocycles. The molecule has 1 aliphatic carbocycles. The average Bonchev–Trinajstić information content (AvgIpc) is 2.57. The topological polar surface area (TPSA) is 28.7 Å². The molecule has 0 amide bonds. The molecule has 1 aliphatic rings. The summed E-state index contributed by atoms with van der Waals surface area (Å²) >= 11 is 0. The lowest BCUT2D eigenvalue weighted by Crippen LogP contribution is -2.04. The molecule has 2 aromatic rings.